The van der Waals surface area contributed by atoms with Crippen molar-refractivity contribution < 1.29 is 9.53 Å². The Balaban J connectivity index is 1.88. The second-order valence-electron chi connectivity index (χ2n) is 4.53. The number of benzene rings is 2. The minimum Gasteiger partial charge on any atom is -0.497 e. The largest absolute Gasteiger partial charge is 0.497 e. The minimum atomic E-state index is 0.114. The average Bonchev–Trinajstić information content (AvgIpc) is 2.48. The zero-order valence-corrected chi connectivity index (χ0v) is 12.6. The Hall–Kier alpha value is -1.74. The highest BCUT2D eigenvalue weighted by Crippen LogP contribution is 2.21. The van der Waals surface area contributed by atoms with Crippen molar-refractivity contribution in [2.75, 3.05) is 12.9 Å². The number of Topliss-reactive ketones (excluding diaryl/α,β-unsaturated/α-hetero) is 1. The third kappa shape index (κ3) is 4.14. The van der Waals surface area contributed by atoms with Gasteiger partial charge in [0, 0.05) is 16.2 Å². The summed E-state index contributed by atoms with van der Waals surface area (Å²) in [7, 11) is 1.67. The van der Waals surface area contributed by atoms with Crippen LogP contribution in [-0.4, -0.2) is 18.6 Å². The van der Waals surface area contributed by atoms with E-state index in [1.165, 1.54) is 5.56 Å². The van der Waals surface area contributed by atoms with Crippen LogP contribution >= 0.6 is 11.8 Å². The number of carbonyl (C=O) groups excluding carboxylic acids is 1. The quantitative estimate of drug-likeness (QED) is 0.587. The van der Waals surface area contributed by atoms with Gasteiger partial charge in [-0.1, -0.05) is 24.3 Å². The first-order valence-corrected chi connectivity index (χ1v) is 7.54. The number of ketones is 1. The van der Waals surface area contributed by atoms with Crippen LogP contribution in [0.1, 0.15) is 22.8 Å². The first-order valence-electron chi connectivity index (χ1n) is 6.56. The number of rotatable bonds is 6. The normalized spacial score (nSPS) is 10.3. The molecule has 0 spiro atoms. The van der Waals surface area contributed by atoms with Gasteiger partial charge in [-0.15, -0.1) is 11.8 Å². The Bertz CT molecular complexity index is 576. The van der Waals surface area contributed by atoms with Gasteiger partial charge in [-0.2, -0.15) is 0 Å². The minimum absolute atomic E-state index is 0.114. The van der Waals surface area contributed by atoms with Gasteiger partial charge in [-0.3, -0.25) is 4.79 Å². The maximum atomic E-state index is 11.3. The van der Waals surface area contributed by atoms with Crippen LogP contribution in [0.15, 0.2) is 53.4 Å². The van der Waals surface area contributed by atoms with Crippen LogP contribution in [0.25, 0.3) is 0 Å². The van der Waals surface area contributed by atoms with E-state index in [1.54, 1.807) is 25.8 Å². The first kappa shape index (κ1) is 14.7. The molecular formula is C17H18O2S. The van der Waals surface area contributed by atoms with Crippen LogP contribution in [-0.2, 0) is 6.42 Å². The van der Waals surface area contributed by atoms with E-state index in [0.717, 1.165) is 28.4 Å². The zero-order valence-electron chi connectivity index (χ0n) is 11.8. The molecule has 0 fully saturated rings. The van der Waals surface area contributed by atoms with Gasteiger partial charge < -0.3 is 4.74 Å². The molecule has 0 radical (unpaired) electrons. The van der Waals surface area contributed by atoms with Crippen molar-refractivity contribution in [2.24, 2.45) is 0 Å². The van der Waals surface area contributed by atoms with E-state index in [-0.39, 0.29) is 5.78 Å². The molecular weight excluding hydrogens is 268 g/mol. The van der Waals surface area contributed by atoms with E-state index < -0.39 is 0 Å². The second-order valence-corrected chi connectivity index (χ2v) is 5.70. The number of thioether (sulfide) groups is 1. The molecule has 2 nitrogen and oxygen atoms in total. The molecule has 0 saturated heterocycles. The van der Waals surface area contributed by atoms with Crippen molar-refractivity contribution in [1.29, 1.82) is 0 Å². The van der Waals surface area contributed by atoms with Crippen molar-refractivity contribution in [3.63, 3.8) is 0 Å². The van der Waals surface area contributed by atoms with E-state index in [2.05, 4.69) is 12.1 Å². The van der Waals surface area contributed by atoms with Gasteiger partial charge in [0.15, 0.2) is 5.78 Å². The Labute approximate surface area is 124 Å². The molecule has 0 aromatic heterocycles. The molecule has 104 valence electrons. The summed E-state index contributed by atoms with van der Waals surface area (Å²) in [5.41, 5.74) is 2.07. The van der Waals surface area contributed by atoms with Crippen LogP contribution in [0, 0.1) is 0 Å². The van der Waals surface area contributed by atoms with Crippen LogP contribution in [0.2, 0.25) is 0 Å². The monoisotopic (exact) mass is 286 g/mol. The maximum absolute atomic E-state index is 11.3. The lowest BCUT2D eigenvalue weighted by molar-refractivity contribution is 0.101. The van der Waals surface area contributed by atoms with E-state index in [9.17, 15) is 4.79 Å². The lowest BCUT2D eigenvalue weighted by Gasteiger charge is -2.05. The summed E-state index contributed by atoms with van der Waals surface area (Å²) in [5, 5.41) is 0. The molecule has 0 amide bonds. The Morgan fingerprint density at radius 1 is 1.15 bits per heavy atom. The second kappa shape index (κ2) is 7.15. The highest BCUT2D eigenvalue weighted by molar-refractivity contribution is 7.99. The van der Waals surface area contributed by atoms with Gasteiger partial charge in [-0.25, -0.2) is 0 Å². The summed E-state index contributed by atoms with van der Waals surface area (Å²) in [5.74, 6) is 1.99. The zero-order chi connectivity index (χ0) is 14.4. The van der Waals surface area contributed by atoms with Gasteiger partial charge in [0.05, 0.1) is 7.11 Å². The highest BCUT2D eigenvalue weighted by atomic mass is 32.2. The topological polar surface area (TPSA) is 26.3 Å². The van der Waals surface area contributed by atoms with Crippen molar-refractivity contribution in [3.8, 4) is 5.75 Å². The lowest BCUT2D eigenvalue weighted by atomic mass is 10.2. The maximum Gasteiger partial charge on any atom is 0.159 e. The molecule has 0 aliphatic heterocycles. The first-order chi connectivity index (χ1) is 9.69. The fourth-order valence-corrected chi connectivity index (χ4v) is 2.84. The third-order valence-corrected chi connectivity index (χ3v) is 4.05. The standard InChI is InChI=1S/C17H18O2S/c1-13(18)15-4-3-5-17(12-15)20-11-10-14-6-8-16(19-2)9-7-14/h3-9,12H,10-11H2,1-2H3. The SMILES string of the molecule is COc1ccc(CCSc2cccc(C(C)=O)c2)cc1. The summed E-state index contributed by atoms with van der Waals surface area (Å²) < 4.78 is 5.14. The van der Waals surface area contributed by atoms with Crippen LogP contribution in [0.4, 0.5) is 0 Å². The molecule has 0 N–H and O–H groups in total. The molecule has 0 bridgehead atoms. The molecule has 3 heteroatoms. The number of aryl methyl sites for hydroxylation is 1. The summed E-state index contributed by atoms with van der Waals surface area (Å²) >= 11 is 1.77. The molecule has 0 unspecified atom stereocenters. The molecule has 0 aliphatic carbocycles. The molecule has 0 aliphatic rings. The predicted molar refractivity (Wildman–Crippen MR) is 83.9 cm³/mol. The summed E-state index contributed by atoms with van der Waals surface area (Å²) in [6.45, 7) is 1.60. The van der Waals surface area contributed by atoms with Gasteiger partial charge >= 0.3 is 0 Å². The molecule has 2 rings (SSSR count). The van der Waals surface area contributed by atoms with Crippen molar-refractivity contribution in [2.45, 2.75) is 18.2 Å². The number of methoxy groups -OCH3 is 1. The van der Waals surface area contributed by atoms with E-state index in [1.807, 2.05) is 36.4 Å². The Morgan fingerprint density at radius 3 is 2.55 bits per heavy atom. The van der Waals surface area contributed by atoms with Crippen LogP contribution in [0.3, 0.4) is 0 Å². The lowest BCUT2D eigenvalue weighted by Crippen LogP contribution is -1.92. The van der Waals surface area contributed by atoms with E-state index >= 15 is 0 Å². The molecule has 0 saturated carbocycles. The van der Waals surface area contributed by atoms with Crippen molar-refractivity contribution in [3.05, 3.63) is 59.7 Å². The summed E-state index contributed by atoms with van der Waals surface area (Å²) in [4.78, 5) is 12.5. The van der Waals surface area contributed by atoms with Crippen LogP contribution in [0.5, 0.6) is 5.75 Å². The van der Waals surface area contributed by atoms with Gasteiger partial charge in [0.1, 0.15) is 5.75 Å². The summed E-state index contributed by atoms with van der Waals surface area (Å²) in [6.07, 6.45) is 0.999. The Kier molecular flexibility index (Phi) is 5.24. The van der Waals surface area contributed by atoms with Gasteiger partial charge in [0.2, 0.25) is 0 Å². The average molecular weight is 286 g/mol. The third-order valence-electron chi connectivity index (χ3n) is 3.06. The van der Waals surface area contributed by atoms with Gasteiger partial charge in [0.25, 0.3) is 0 Å². The molecule has 2 aromatic rings. The smallest absolute Gasteiger partial charge is 0.159 e. The molecule has 2 aromatic carbocycles. The van der Waals surface area contributed by atoms with E-state index in [0.29, 0.717) is 0 Å². The number of ether oxygens (including phenoxy) is 1. The summed E-state index contributed by atoms with van der Waals surface area (Å²) in [6, 6.07) is 15.9. The fourth-order valence-electron chi connectivity index (χ4n) is 1.88. The van der Waals surface area contributed by atoms with E-state index in [4.69, 9.17) is 4.74 Å². The highest BCUT2D eigenvalue weighted by Gasteiger charge is 2.01. The van der Waals surface area contributed by atoms with Crippen molar-refractivity contribution in [1.82, 2.24) is 0 Å². The molecule has 0 heterocycles. The predicted octanol–water partition coefficient (Wildman–Crippen LogP) is 4.23. The molecule has 0 atom stereocenters. The number of hydrogen-bond donors (Lipinski definition) is 0. The van der Waals surface area contributed by atoms with Crippen molar-refractivity contribution >= 4 is 17.5 Å². The fraction of sp³-hybridized carbons (Fsp3) is 0.235. The van der Waals surface area contributed by atoms with Crippen LogP contribution < -0.4 is 4.74 Å². The van der Waals surface area contributed by atoms with Gasteiger partial charge in [-0.05, 0) is 43.2 Å². The number of carbonyl (C=O) groups is 1. The molecule has 20 heavy (non-hydrogen) atoms. The number of hydrogen-bond acceptors (Lipinski definition) is 3. The Morgan fingerprint density at radius 2 is 1.90 bits per heavy atom.